The van der Waals surface area contributed by atoms with Crippen LogP contribution < -0.4 is 15.8 Å². The molecule has 0 spiro atoms. The molecule has 1 aromatic carbocycles. The van der Waals surface area contributed by atoms with Crippen LogP contribution in [0.5, 0.6) is 5.75 Å². The molecule has 0 atom stereocenters. The smallest absolute Gasteiger partial charge is 0.308 e. The number of carbonyl (C=O) groups excluding carboxylic acids is 2. The van der Waals surface area contributed by atoms with Crippen molar-refractivity contribution in [1.82, 2.24) is 5.32 Å². The van der Waals surface area contributed by atoms with Gasteiger partial charge in [0.05, 0.1) is 18.6 Å². The lowest BCUT2D eigenvalue weighted by molar-refractivity contribution is -0.149. The van der Waals surface area contributed by atoms with Crippen molar-refractivity contribution in [2.75, 3.05) is 19.7 Å². The topological polar surface area (TPSA) is 90.6 Å². The highest BCUT2D eigenvalue weighted by molar-refractivity contribution is 5.95. The van der Waals surface area contributed by atoms with E-state index in [0.29, 0.717) is 25.3 Å². The zero-order valence-electron chi connectivity index (χ0n) is 15.0. The molecule has 138 valence electrons. The first-order valence-corrected chi connectivity index (χ1v) is 8.97. The summed E-state index contributed by atoms with van der Waals surface area (Å²) in [6, 6.07) is 5.48. The van der Waals surface area contributed by atoms with Crippen LogP contribution in [-0.4, -0.2) is 37.7 Å². The molecule has 6 nitrogen and oxygen atoms in total. The molecule has 1 aliphatic rings. The van der Waals surface area contributed by atoms with Crippen molar-refractivity contribution in [3.63, 3.8) is 0 Å². The van der Waals surface area contributed by atoms with Gasteiger partial charge in [0.1, 0.15) is 5.75 Å². The Labute approximate surface area is 149 Å². The summed E-state index contributed by atoms with van der Waals surface area (Å²) in [5.74, 6) is 0.539. The molecular weight excluding hydrogens is 320 g/mol. The Morgan fingerprint density at radius 3 is 2.56 bits per heavy atom. The molecule has 6 heteroatoms. The zero-order chi connectivity index (χ0) is 18.2. The van der Waals surface area contributed by atoms with Crippen LogP contribution in [0.15, 0.2) is 18.2 Å². The van der Waals surface area contributed by atoms with Crippen molar-refractivity contribution in [3.8, 4) is 5.75 Å². The molecule has 1 saturated carbocycles. The molecule has 0 saturated heterocycles. The van der Waals surface area contributed by atoms with Gasteiger partial charge in [0.15, 0.2) is 0 Å². The van der Waals surface area contributed by atoms with Crippen molar-refractivity contribution < 1.29 is 19.1 Å². The van der Waals surface area contributed by atoms with Gasteiger partial charge in [-0.25, -0.2) is 0 Å². The van der Waals surface area contributed by atoms with Crippen LogP contribution in [0.2, 0.25) is 0 Å². The van der Waals surface area contributed by atoms with Crippen LogP contribution in [0.4, 0.5) is 0 Å². The van der Waals surface area contributed by atoms with Crippen LogP contribution in [0.3, 0.4) is 0 Å². The van der Waals surface area contributed by atoms with Crippen molar-refractivity contribution in [3.05, 3.63) is 29.3 Å². The molecule has 0 bridgehead atoms. The minimum atomic E-state index is -0.121. The Hall–Kier alpha value is -2.08. The van der Waals surface area contributed by atoms with Gasteiger partial charge in [0, 0.05) is 18.7 Å². The van der Waals surface area contributed by atoms with Crippen molar-refractivity contribution >= 4 is 11.9 Å². The highest BCUT2D eigenvalue weighted by atomic mass is 16.5. The maximum absolute atomic E-state index is 12.0. The summed E-state index contributed by atoms with van der Waals surface area (Å²) in [7, 11) is 0. The van der Waals surface area contributed by atoms with Gasteiger partial charge in [0.2, 0.25) is 0 Å². The third-order valence-electron chi connectivity index (χ3n) is 4.47. The summed E-state index contributed by atoms with van der Waals surface area (Å²) < 4.78 is 11.1. The Kier molecular flexibility index (Phi) is 7.25. The molecule has 1 amide bonds. The number of aryl methyl sites for hydroxylation is 1. The Bertz CT molecular complexity index is 595. The molecular formula is C19H28N2O4. The average molecular weight is 348 g/mol. The first kappa shape index (κ1) is 19.2. The molecule has 1 fully saturated rings. The molecule has 1 aliphatic carbocycles. The lowest BCUT2D eigenvalue weighted by atomic mass is 9.87. The van der Waals surface area contributed by atoms with Crippen LogP contribution in [0, 0.1) is 12.8 Å². The molecule has 0 heterocycles. The fourth-order valence-corrected chi connectivity index (χ4v) is 3.11. The maximum atomic E-state index is 12.0. The van der Waals surface area contributed by atoms with Gasteiger partial charge in [0.25, 0.3) is 5.91 Å². The van der Waals surface area contributed by atoms with Crippen molar-refractivity contribution in [2.45, 2.75) is 45.6 Å². The van der Waals surface area contributed by atoms with E-state index in [0.717, 1.165) is 37.0 Å². The van der Waals surface area contributed by atoms with E-state index in [-0.39, 0.29) is 23.9 Å². The fourth-order valence-electron chi connectivity index (χ4n) is 3.11. The van der Waals surface area contributed by atoms with Gasteiger partial charge < -0.3 is 20.5 Å². The van der Waals surface area contributed by atoms with Crippen LogP contribution in [0.1, 0.15) is 48.5 Å². The monoisotopic (exact) mass is 348 g/mol. The fraction of sp³-hybridized carbons (Fsp3) is 0.579. The Balaban J connectivity index is 1.88. The van der Waals surface area contributed by atoms with E-state index in [9.17, 15) is 9.59 Å². The zero-order valence-corrected chi connectivity index (χ0v) is 15.0. The highest BCUT2D eigenvalue weighted by Gasteiger charge is 2.28. The van der Waals surface area contributed by atoms with E-state index in [4.69, 9.17) is 15.2 Å². The van der Waals surface area contributed by atoms with E-state index in [2.05, 4.69) is 5.32 Å². The summed E-state index contributed by atoms with van der Waals surface area (Å²) in [6.07, 6.45) is 3.36. The molecule has 1 aromatic rings. The number of nitrogens with two attached hydrogens (primary N) is 1. The number of ether oxygens (including phenoxy) is 2. The van der Waals surface area contributed by atoms with Gasteiger partial charge in [-0.15, -0.1) is 0 Å². The third kappa shape index (κ3) is 5.46. The first-order chi connectivity index (χ1) is 12.0. The number of amides is 1. The van der Waals surface area contributed by atoms with E-state index in [1.165, 1.54) is 0 Å². The molecule has 25 heavy (non-hydrogen) atoms. The standard InChI is InChI=1S/C19H28N2O4/c1-3-24-19(23)14-4-6-15(7-5-14)25-16-8-9-17(13(2)12-16)18(22)21-11-10-20/h8-9,12,14-15H,3-7,10-11,20H2,1-2H3,(H,21,22). The van der Waals surface area contributed by atoms with Crippen LogP contribution in [0.25, 0.3) is 0 Å². The highest BCUT2D eigenvalue weighted by Crippen LogP contribution is 2.29. The van der Waals surface area contributed by atoms with Gasteiger partial charge in [-0.1, -0.05) is 0 Å². The van der Waals surface area contributed by atoms with Gasteiger partial charge in [-0.05, 0) is 63.3 Å². The lowest BCUT2D eigenvalue weighted by Crippen LogP contribution is -2.30. The Morgan fingerprint density at radius 2 is 1.96 bits per heavy atom. The second-order valence-electron chi connectivity index (χ2n) is 6.36. The Morgan fingerprint density at radius 1 is 1.24 bits per heavy atom. The van der Waals surface area contributed by atoms with Gasteiger partial charge >= 0.3 is 5.97 Å². The third-order valence-corrected chi connectivity index (χ3v) is 4.47. The quantitative estimate of drug-likeness (QED) is 0.737. The molecule has 3 N–H and O–H groups in total. The minimum absolute atomic E-state index is 0.00449. The second kappa shape index (κ2) is 9.42. The number of benzene rings is 1. The maximum Gasteiger partial charge on any atom is 0.308 e. The number of hydrogen-bond acceptors (Lipinski definition) is 5. The molecule has 0 radical (unpaired) electrons. The predicted octanol–water partition coefficient (Wildman–Crippen LogP) is 2.18. The van der Waals surface area contributed by atoms with Crippen molar-refractivity contribution in [1.29, 1.82) is 0 Å². The van der Waals surface area contributed by atoms with E-state index in [1.54, 1.807) is 6.07 Å². The summed E-state index contributed by atoms with van der Waals surface area (Å²) in [5.41, 5.74) is 6.90. The van der Waals surface area contributed by atoms with E-state index in [1.807, 2.05) is 26.0 Å². The van der Waals surface area contributed by atoms with E-state index >= 15 is 0 Å². The van der Waals surface area contributed by atoms with E-state index < -0.39 is 0 Å². The number of carbonyl (C=O) groups is 2. The van der Waals surface area contributed by atoms with Crippen LogP contribution >= 0.6 is 0 Å². The first-order valence-electron chi connectivity index (χ1n) is 8.97. The SMILES string of the molecule is CCOC(=O)C1CCC(Oc2ccc(C(=O)NCCN)c(C)c2)CC1. The van der Waals surface area contributed by atoms with Gasteiger partial charge in [-0.2, -0.15) is 0 Å². The molecule has 0 unspecified atom stereocenters. The summed E-state index contributed by atoms with van der Waals surface area (Å²) in [5, 5.41) is 2.77. The summed E-state index contributed by atoms with van der Waals surface area (Å²) in [4.78, 5) is 23.8. The molecule has 0 aromatic heterocycles. The van der Waals surface area contributed by atoms with Gasteiger partial charge in [-0.3, -0.25) is 9.59 Å². The molecule has 2 rings (SSSR count). The second-order valence-corrected chi connectivity index (χ2v) is 6.36. The lowest BCUT2D eigenvalue weighted by Gasteiger charge is -2.28. The van der Waals surface area contributed by atoms with Crippen molar-refractivity contribution in [2.24, 2.45) is 11.7 Å². The summed E-state index contributed by atoms with van der Waals surface area (Å²) >= 11 is 0. The predicted molar refractivity (Wildman–Crippen MR) is 95.6 cm³/mol. The number of rotatable bonds is 7. The average Bonchev–Trinajstić information content (AvgIpc) is 2.60. The largest absolute Gasteiger partial charge is 0.490 e. The minimum Gasteiger partial charge on any atom is -0.490 e. The number of hydrogen-bond donors (Lipinski definition) is 2. The summed E-state index contributed by atoms with van der Waals surface area (Å²) in [6.45, 7) is 5.03. The molecule has 0 aliphatic heterocycles. The van der Waals surface area contributed by atoms with Crippen LogP contribution in [-0.2, 0) is 9.53 Å². The number of nitrogens with one attached hydrogen (secondary N) is 1. The number of esters is 1. The normalized spacial score (nSPS) is 20.0.